The van der Waals surface area contributed by atoms with Gasteiger partial charge < -0.3 is 19.3 Å². The van der Waals surface area contributed by atoms with E-state index >= 15 is 0 Å². The highest BCUT2D eigenvalue weighted by Gasteiger charge is 2.57. The molecule has 1 aromatic carbocycles. The Hall–Kier alpha value is -2.50. The van der Waals surface area contributed by atoms with Gasteiger partial charge in [-0.25, -0.2) is 4.79 Å². The van der Waals surface area contributed by atoms with E-state index in [0.29, 0.717) is 24.2 Å². The number of carbonyl (C=O) groups excluding carboxylic acids is 1. The Morgan fingerprint density at radius 3 is 2.65 bits per heavy atom. The van der Waals surface area contributed by atoms with E-state index in [1.807, 2.05) is 13.8 Å². The fourth-order valence-corrected chi connectivity index (χ4v) is 6.51. The predicted molar refractivity (Wildman–Crippen MR) is 116 cm³/mol. The van der Waals surface area contributed by atoms with Gasteiger partial charge in [-0.3, -0.25) is 4.79 Å². The third kappa shape index (κ3) is 3.14. The molecule has 1 saturated carbocycles. The Bertz CT molecular complexity index is 979. The van der Waals surface area contributed by atoms with Gasteiger partial charge in [-0.1, -0.05) is 19.1 Å². The van der Waals surface area contributed by atoms with E-state index in [9.17, 15) is 14.7 Å². The molecule has 2 aliphatic heterocycles. The average molecular weight is 429 g/mol. The number of fused-ring (bicyclic) bond motifs is 3. The first-order chi connectivity index (χ1) is 14.5. The second-order valence-corrected chi connectivity index (χ2v) is 9.90. The summed E-state index contributed by atoms with van der Waals surface area (Å²) < 4.78 is 17.8. The summed E-state index contributed by atoms with van der Waals surface area (Å²) in [6.07, 6.45) is 3.10. The van der Waals surface area contributed by atoms with Crippen molar-refractivity contribution in [3.8, 4) is 11.5 Å². The number of carbonyl (C=O) groups is 2. The molecule has 0 unspecified atom stereocenters. The van der Waals surface area contributed by atoms with E-state index in [1.165, 1.54) is 0 Å². The van der Waals surface area contributed by atoms with Crippen LogP contribution in [0.2, 0.25) is 0 Å². The minimum atomic E-state index is -0.792. The highest BCUT2D eigenvalue weighted by atomic mass is 16.5. The van der Waals surface area contributed by atoms with Crippen molar-refractivity contribution in [2.24, 2.45) is 17.3 Å². The molecule has 1 aromatic rings. The van der Waals surface area contributed by atoms with Crippen LogP contribution < -0.4 is 9.47 Å². The van der Waals surface area contributed by atoms with Gasteiger partial charge in [-0.2, -0.15) is 0 Å². The fraction of sp³-hybridized carbons (Fsp3) is 0.600. The van der Waals surface area contributed by atoms with Crippen molar-refractivity contribution in [1.29, 1.82) is 0 Å². The Morgan fingerprint density at radius 1 is 1.32 bits per heavy atom. The molecule has 168 valence electrons. The summed E-state index contributed by atoms with van der Waals surface area (Å²) in [5.74, 6) is 0.455. The zero-order chi connectivity index (χ0) is 22.7. The highest BCUT2D eigenvalue weighted by Crippen LogP contribution is 2.61. The van der Waals surface area contributed by atoms with Gasteiger partial charge in [-0.05, 0) is 63.4 Å². The molecule has 0 spiro atoms. The molecule has 0 aromatic heterocycles. The quantitative estimate of drug-likeness (QED) is 0.534. The first kappa shape index (κ1) is 21.7. The Labute approximate surface area is 183 Å². The second kappa shape index (κ2) is 7.28. The van der Waals surface area contributed by atoms with E-state index in [-0.39, 0.29) is 36.2 Å². The Morgan fingerprint density at radius 2 is 2.03 bits per heavy atom. The van der Waals surface area contributed by atoms with Crippen molar-refractivity contribution in [2.75, 3.05) is 7.11 Å². The number of ether oxygens (including phenoxy) is 3. The largest absolute Gasteiger partial charge is 0.495 e. The lowest BCUT2D eigenvalue weighted by Crippen LogP contribution is -2.58. The van der Waals surface area contributed by atoms with Gasteiger partial charge in [0.1, 0.15) is 29.3 Å². The lowest BCUT2D eigenvalue weighted by molar-refractivity contribution is -0.142. The lowest BCUT2D eigenvalue weighted by atomic mass is 9.51. The number of methoxy groups -OCH3 is 1. The number of hydrogen-bond acceptors (Lipinski definition) is 5. The molecule has 4 rings (SSSR count). The number of carboxylic acid groups (broad SMARTS) is 1. The van der Waals surface area contributed by atoms with Crippen LogP contribution in [0.3, 0.4) is 0 Å². The molecule has 0 bridgehead atoms. The summed E-state index contributed by atoms with van der Waals surface area (Å²) >= 11 is 0. The smallest absolute Gasteiger partial charge is 0.342 e. The van der Waals surface area contributed by atoms with Crippen LogP contribution >= 0.6 is 0 Å². The minimum Gasteiger partial charge on any atom is -0.495 e. The summed E-state index contributed by atoms with van der Waals surface area (Å²) in [6, 6.07) is 0. The normalized spacial score (nSPS) is 31.1. The summed E-state index contributed by atoms with van der Waals surface area (Å²) in [6.45, 7) is 12.8. The highest BCUT2D eigenvalue weighted by molar-refractivity contribution is 5.98. The Balaban J connectivity index is 1.87. The molecule has 31 heavy (non-hydrogen) atoms. The molecule has 1 fully saturated rings. The zero-order valence-corrected chi connectivity index (χ0v) is 19.1. The van der Waals surface area contributed by atoms with Crippen molar-refractivity contribution in [2.45, 2.75) is 72.0 Å². The first-order valence-electron chi connectivity index (χ1n) is 11.0. The topological polar surface area (TPSA) is 82.1 Å². The number of cyclic esters (lactones) is 1. The number of benzene rings is 1. The Kier molecular flexibility index (Phi) is 5.10. The summed E-state index contributed by atoms with van der Waals surface area (Å²) in [7, 11) is 1.58. The molecule has 0 amide bonds. The van der Waals surface area contributed by atoms with Gasteiger partial charge in [0.15, 0.2) is 0 Å². The van der Waals surface area contributed by atoms with Crippen molar-refractivity contribution >= 4 is 11.9 Å². The van der Waals surface area contributed by atoms with Crippen molar-refractivity contribution < 1.29 is 28.9 Å². The van der Waals surface area contributed by atoms with E-state index in [2.05, 4.69) is 20.4 Å². The number of allylic oxidation sites excluding steroid dienone is 1. The van der Waals surface area contributed by atoms with Gasteiger partial charge in [0.25, 0.3) is 0 Å². The molecule has 0 radical (unpaired) electrons. The number of rotatable bonds is 5. The molecule has 6 nitrogen and oxygen atoms in total. The number of aliphatic carboxylic acids is 1. The van der Waals surface area contributed by atoms with Gasteiger partial charge >= 0.3 is 11.9 Å². The molecule has 1 N–H and O–H groups in total. The van der Waals surface area contributed by atoms with Crippen LogP contribution in [-0.4, -0.2) is 29.8 Å². The zero-order valence-electron chi connectivity index (χ0n) is 19.1. The van der Waals surface area contributed by atoms with E-state index in [4.69, 9.17) is 14.2 Å². The van der Waals surface area contributed by atoms with Gasteiger partial charge in [0.2, 0.25) is 0 Å². The van der Waals surface area contributed by atoms with Gasteiger partial charge in [-0.15, -0.1) is 0 Å². The summed E-state index contributed by atoms with van der Waals surface area (Å²) in [5, 5.41) is 9.43. The molecular weight excluding hydrogens is 396 g/mol. The van der Waals surface area contributed by atoms with Crippen molar-refractivity contribution in [1.82, 2.24) is 0 Å². The third-order valence-corrected chi connectivity index (χ3v) is 8.10. The van der Waals surface area contributed by atoms with Crippen LogP contribution in [0.1, 0.15) is 73.5 Å². The van der Waals surface area contributed by atoms with E-state index in [1.54, 1.807) is 7.11 Å². The average Bonchev–Trinajstić information content (AvgIpc) is 3.08. The van der Waals surface area contributed by atoms with Crippen LogP contribution in [0.25, 0.3) is 0 Å². The molecule has 6 heteroatoms. The number of carboxylic acids is 1. The number of hydrogen-bond donors (Lipinski definition) is 1. The lowest BCUT2D eigenvalue weighted by Gasteiger charge is -2.58. The van der Waals surface area contributed by atoms with Gasteiger partial charge in [0, 0.05) is 23.5 Å². The molecule has 4 atom stereocenters. The minimum absolute atomic E-state index is 0.0612. The SMILES string of the molecule is C=C(C)[C@@H]1CC[C@]2(C)Oc3c(C)c4c(c(OC)c3C[C@@H]2[C@]1(C)CCC(=O)O)C(=O)OC4. The summed E-state index contributed by atoms with van der Waals surface area (Å²) in [5.41, 5.74) is 3.53. The molecule has 1 aliphatic carbocycles. The maximum Gasteiger partial charge on any atom is 0.342 e. The molecule has 0 saturated heterocycles. The standard InChI is InChI=1S/C25H32O6/c1-13(2)17-7-10-25(5)18(24(17,4)9-8-19(26)27)11-15-21(31-25)14(3)16-12-30-23(28)20(16)22(15)29-6/h17-18H,1,7-12H2,2-6H3,(H,26,27)/t17-,18+,24+,25-/m0/s1. The van der Waals surface area contributed by atoms with Gasteiger partial charge in [0.05, 0.1) is 7.11 Å². The third-order valence-electron chi connectivity index (χ3n) is 8.10. The van der Waals surface area contributed by atoms with Crippen LogP contribution in [-0.2, 0) is 22.6 Å². The van der Waals surface area contributed by atoms with Crippen molar-refractivity contribution in [3.63, 3.8) is 0 Å². The molecule has 2 heterocycles. The monoisotopic (exact) mass is 428 g/mol. The van der Waals surface area contributed by atoms with Crippen LogP contribution in [0.4, 0.5) is 0 Å². The maximum atomic E-state index is 12.5. The predicted octanol–water partition coefficient (Wildman–Crippen LogP) is 4.84. The second-order valence-electron chi connectivity index (χ2n) is 9.90. The fourth-order valence-electron chi connectivity index (χ4n) is 6.51. The van der Waals surface area contributed by atoms with Crippen LogP contribution in [0, 0.1) is 24.2 Å². The van der Waals surface area contributed by atoms with Crippen molar-refractivity contribution in [3.05, 3.63) is 34.4 Å². The molecule has 3 aliphatic rings. The first-order valence-corrected chi connectivity index (χ1v) is 11.0. The van der Waals surface area contributed by atoms with Crippen LogP contribution in [0.15, 0.2) is 12.2 Å². The van der Waals surface area contributed by atoms with E-state index in [0.717, 1.165) is 40.9 Å². The number of esters is 1. The van der Waals surface area contributed by atoms with E-state index < -0.39 is 11.6 Å². The molecular formula is C25H32O6. The summed E-state index contributed by atoms with van der Waals surface area (Å²) in [4.78, 5) is 23.9. The van der Waals surface area contributed by atoms with Crippen LogP contribution in [0.5, 0.6) is 11.5 Å². The maximum absolute atomic E-state index is 12.5.